The maximum atomic E-state index is 10.7. The van der Waals surface area contributed by atoms with Crippen molar-refractivity contribution in [2.75, 3.05) is 7.05 Å². The van der Waals surface area contributed by atoms with Crippen molar-refractivity contribution in [3.05, 3.63) is 23.7 Å². The van der Waals surface area contributed by atoms with Gasteiger partial charge in [-0.1, -0.05) is 0 Å². The number of rotatable bonds is 4. The van der Waals surface area contributed by atoms with Gasteiger partial charge in [0.25, 0.3) is 0 Å². The molecule has 14 heavy (non-hydrogen) atoms. The summed E-state index contributed by atoms with van der Waals surface area (Å²) in [7, 11) is 1.78. The number of likely N-dealkylation sites (N-methyl/N-ethyl adjacent to an activating group) is 1. The normalized spacial score (nSPS) is 13.1. The number of furan rings is 1. The first kappa shape index (κ1) is 10.8. The Morgan fingerprint density at radius 3 is 2.79 bits per heavy atom. The molecule has 4 heteroatoms. The first-order chi connectivity index (χ1) is 6.52. The van der Waals surface area contributed by atoms with Gasteiger partial charge in [0.15, 0.2) is 0 Å². The van der Waals surface area contributed by atoms with Gasteiger partial charge in [-0.25, -0.2) is 0 Å². The van der Waals surface area contributed by atoms with E-state index in [1.54, 1.807) is 25.1 Å². The highest BCUT2D eigenvalue weighted by atomic mass is 16.4. The molecule has 78 valence electrons. The molecule has 1 atom stereocenters. The van der Waals surface area contributed by atoms with Crippen molar-refractivity contribution in [2.24, 2.45) is 0 Å². The lowest BCUT2D eigenvalue weighted by atomic mass is 10.2. The highest BCUT2D eigenvalue weighted by molar-refractivity contribution is 5.72. The van der Waals surface area contributed by atoms with Gasteiger partial charge in [0.2, 0.25) is 0 Å². The van der Waals surface area contributed by atoms with Gasteiger partial charge in [0, 0.05) is 12.1 Å². The smallest absolute Gasteiger partial charge is 0.320 e. The summed E-state index contributed by atoms with van der Waals surface area (Å²) < 4.78 is 5.13. The zero-order valence-electron chi connectivity index (χ0n) is 8.65. The van der Waals surface area contributed by atoms with E-state index in [0.29, 0.717) is 6.54 Å². The van der Waals surface area contributed by atoms with Crippen molar-refractivity contribution >= 4 is 5.97 Å². The summed E-state index contributed by atoms with van der Waals surface area (Å²) in [5.41, 5.74) is 1.03. The number of carboxylic acids is 1. The number of aliphatic carboxylic acids is 1. The maximum absolute atomic E-state index is 10.7. The predicted octanol–water partition coefficient (Wildman–Crippen LogP) is 1.49. The molecule has 0 amide bonds. The number of nitrogens with zero attached hydrogens (tertiary/aromatic N) is 1. The average Bonchev–Trinajstić information content (AvgIpc) is 2.50. The van der Waals surface area contributed by atoms with Gasteiger partial charge in [0.05, 0.1) is 6.26 Å². The van der Waals surface area contributed by atoms with E-state index in [0.717, 1.165) is 11.3 Å². The van der Waals surface area contributed by atoms with E-state index in [1.165, 1.54) is 0 Å². The largest absolute Gasteiger partial charge is 0.480 e. The summed E-state index contributed by atoms with van der Waals surface area (Å²) in [4.78, 5) is 12.5. The van der Waals surface area contributed by atoms with Gasteiger partial charge in [-0.05, 0) is 27.0 Å². The Balaban J connectivity index is 2.61. The molecular weight excluding hydrogens is 182 g/mol. The van der Waals surface area contributed by atoms with Crippen LogP contribution in [-0.4, -0.2) is 29.1 Å². The van der Waals surface area contributed by atoms with E-state index in [-0.39, 0.29) is 0 Å². The van der Waals surface area contributed by atoms with Gasteiger partial charge < -0.3 is 9.52 Å². The average molecular weight is 197 g/mol. The minimum atomic E-state index is -0.811. The number of hydrogen-bond acceptors (Lipinski definition) is 3. The van der Waals surface area contributed by atoms with Crippen molar-refractivity contribution in [3.8, 4) is 0 Å². The number of carboxylic acid groups (broad SMARTS) is 1. The van der Waals surface area contributed by atoms with E-state index in [2.05, 4.69) is 0 Å². The molecule has 0 radical (unpaired) electrons. The Morgan fingerprint density at radius 2 is 2.36 bits per heavy atom. The van der Waals surface area contributed by atoms with Crippen LogP contribution in [-0.2, 0) is 11.3 Å². The van der Waals surface area contributed by atoms with Crippen LogP contribution in [0.4, 0.5) is 0 Å². The Hall–Kier alpha value is -1.29. The SMILES string of the molecule is Cc1occc1CN(C)C(C)C(=O)O. The molecule has 0 saturated carbocycles. The summed E-state index contributed by atoms with van der Waals surface area (Å²) in [6.45, 7) is 4.13. The van der Waals surface area contributed by atoms with E-state index in [1.807, 2.05) is 13.0 Å². The first-order valence-electron chi connectivity index (χ1n) is 4.48. The fourth-order valence-corrected chi connectivity index (χ4v) is 1.17. The van der Waals surface area contributed by atoms with E-state index in [4.69, 9.17) is 9.52 Å². The van der Waals surface area contributed by atoms with Gasteiger partial charge >= 0.3 is 5.97 Å². The molecule has 0 spiro atoms. The van der Waals surface area contributed by atoms with Crippen molar-refractivity contribution < 1.29 is 14.3 Å². The quantitative estimate of drug-likeness (QED) is 0.794. The zero-order valence-corrected chi connectivity index (χ0v) is 8.65. The van der Waals surface area contributed by atoms with E-state index in [9.17, 15) is 4.79 Å². The number of hydrogen-bond donors (Lipinski definition) is 1. The third-order valence-corrected chi connectivity index (χ3v) is 2.40. The van der Waals surface area contributed by atoms with Gasteiger partial charge in [-0.15, -0.1) is 0 Å². The molecular formula is C10H15NO3. The third-order valence-electron chi connectivity index (χ3n) is 2.40. The molecule has 1 heterocycles. The molecule has 0 aliphatic carbocycles. The second-order valence-electron chi connectivity index (χ2n) is 3.43. The van der Waals surface area contributed by atoms with Crippen LogP contribution in [0.2, 0.25) is 0 Å². The Labute approximate surface area is 83.1 Å². The fraction of sp³-hybridized carbons (Fsp3) is 0.500. The van der Waals surface area contributed by atoms with Crippen LogP contribution < -0.4 is 0 Å². The lowest BCUT2D eigenvalue weighted by Crippen LogP contribution is -2.35. The Bertz CT molecular complexity index is 319. The van der Waals surface area contributed by atoms with Gasteiger partial charge in [-0.3, -0.25) is 9.69 Å². The van der Waals surface area contributed by atoms with Crippen molar-refractivity contribution in [2.45, 2.75) is 26.4 Å². The highest BCUT2D eigenvalue weighted by Crippen LogP contribution is 2.12. The van der Waals surface area contributed by atoms with Crippen LogP contribution in [0.3, 0.4) is 0 Å². The third kappa shape index (κ3) is 2.35. The first-order valence-corrected chi connectivity index (χ1v) is 4.48. The van der Waals surface area contributed by atoms with Crippen molar-refractivity contribution in [1.29, 1.82) is 0 Å². The molecule has 0 aromatic carbocycles. The molecule has 1 unspecified atom stereocenters. The lowest BCUT2D eigenvalue weighted by molar-refractivity contribution is -0.142. The molecule has 1 aromatic rings. The summed E-state index contributed by atoms with van der Waals surface area (Å²) in [5.74, 6) is 0.0306. The standard InChI is InChI=1S/C10H15NO3/c1-7(10(12)13)11(3)6-9-4-5-14-8(9)2/h4-5,7H,6H2,1-3H3,(H,12,13). The van der Waals surface area contributed by atoms with Gasteiger partial charge in [0.1, 0.15) is 11.8 Å². The van der Waals surface area contributed by atoms with E-state index >= 15 is 0 Å². The van der Waals surface area contributed by atoms with Crippen LogP contribution in [0.25, 0.3) is 0 Å². The summed E-state index contributed by atoms with van der Waals surface area (Å²) in [6.07, 6.45) is 1.62. The molecule has 0 saturated heterocycles. The van der Waals surface area contributed by atoms with Crippen molar-refractivity contribution in [3.63, 3.8) is 0 Å². The zero-order chi connectivity index (χ0) is 10.7. The summed E-state index contributed by atoms with van der Waals surface area (Å²) in [5, 5.41) is 8.79. The molecule has 0 bridgehead atoms. The van der Waals surface area contributed by atoms with Crippen LogP contribution in [0.5, 0.6) is 0 Å². The molecule has 0 fully saturated rings. The molecule has 0 aliphatic rings. The van der Waals surface area contributed by atoms with Crippen LogP contribution >= 0.6 is 0 Å². The van der Waals surface area contributed by atoms with Crippen LogP contribution in [0.1, 0.15) is 18.2 Å². The molecule has 1 aromatic heterocycles. The predicted molar refractivity (Wildman–Crippen MR) is 52.0 cm³/mol. The van der Waals surface area contributed by atoms with Crippen LogP contribution in [0.15, 0.2) is 16.7 Å². The topological polar surface area (TPSA) is 53.7 Å². The molecule has 0 aliphatic heterocycles. The van der Waals surface area contributed by atoms with E-state index < -0.39 is 12.0 Å². The second kappa shape index (κ2) is 4.28. The minimum Gasteiger partial charge on any atom is -0.480 e. The summed E-state index contributed by atoms with van der Waals surface area (Å²) >= 11 is 0. The molecule has 1 rings (SSSR count). The number of aryl methyl sites for hydroxylation is 1. The maximum Gasteiger partial charge on any atom is 0.320 e. The van der Waals surface area contributed by atoms with Crippen LogP contribution in [0, 0.1) is 6.92 Å². The Kier molecular flexibility index (Phi) is 3.30. The monoisotopic (exact) mass is 197 g/mol. The van der Waals surface area contributed by atoms with Gasteiger partial charge in [-0.2, -0.15) is 0 Å². The summed E-state index contributed by atoms with van der Waals surface area (Å²) in [6, 6.07) is 1.38. The molecule has 1 N–H and O–H groups in total. The molecule has 4 nitrogen and oxygen atoms in total. The van der Waals surface area contributed by atoms with Crippen molar-refractivity contribution in [1.82, 2.24) is 4.90 Å². The lowest BCUT2D eigenvalue weighted by Gasteiger charge is -2.20. The highest BCUT2D eigenvalue weighted by Gasteiger charge is 2.17. The minimum absolute atomic E-state index is 0.482. The number of carbonyl (C=O) groups is 1. The second-order valence-corrected chi connectivity index (χ2v) is 3.43. The fourth-order valence-electron chi connectivity index (χ4n) is 1.17. The Morgan fingerprint density at radius 1 is 1.71 bits per heavy atom.